The number of nitrogen functional groups attached to an aromatic ring is 1. The molecule has 1 rings (SSSR count). The van der Waals surface area contributed by atoms with Crippen LogP contribution in [-0.2, 0) is 4.79 Å². The highest BCUT2D eigenvalue weighted by Crippen LogP contribution is 2.31. The van der Waals surface area contributed by atoms with Gasteiger partial charge in [-0.05, 0) is 17.7 Å². The molecule has 1 aromatic rings. The van der Waals surface area contributed by atoms with Crippen molar-refractivity contribution in [3.8, 4) is 0 Å². The number of anilines is 1. The summed E-state index contributed by atoms with van der Waals surface area (Å²) in [5.74, 6) is 0. The van der Waals surface area contributed by atoms with Crippen LogP contribution in [0.2, 0.25) is 10.0 Å². The highest BCUT2D eigenvalue weighted by Gasteiger charge is 2.11. The zero-order valence-corrected chi connectivity index (χ0v) is 8.72. The minimum absolute atomic E-state index is 0.0105. The number of benzene rings is 1. The molecule has 14 heavy (non-hydrogen) atoms. The normalized spacial score (nSPS) is 12.5. The quantitative estimate of drug-likeness (QED) is 0.622. The highest BCUT2D eigenvalue weighted by atomic mass is 35.5. The number of nitrogens with two attached hydrogens (primary N) is 1. The topological polar surface area (TPSA) is 63.3 Å². The summed E-state index contributed by atoms with van der Waals surface area (Å²) in [5.41, 5.74) is 6.27. The average Bonchev–Trinajstić information content (AvgIpc) is 2.13. The Labute approximate surface area is 91.4 Å². The number of halogens is 2. The molecule has 0 aliphatic heterocycles. The molecule has 0 aliphatic rings. The molecule has 3 N–H and O–H groups in total. The molecule has 0 aromatic heterocycles. The molecule has 0 fully saturated rings. The van der Waals surface area contributed by atoms with E-state index in [0.717, 1.165) is 0 Å². The number of aldehydes is 1. The molecule has 5 heteroatoms. The molecule has 3 nitrogen and oxygen atoms in total. The van der Waals surface area contributed by atoms with Crippen molar-refractivity contribution in [1.82, 2.24) is 0 Å². The van der Waals surface area contributed by atoms with E-state index in [4.69, 9.17) is 28.9 Å². The second kappa shape index (κ2) is 4.64. The lowest BCUT2D eigenvalue weighted by Crippen LogP contribution is -1.99. The van der Waals surface area contributed by atoms with E-state index in [0.29, 0.717) is 11.8 Å². The van der Waals surface area contributed by atoms with E-state index in [1.165, 1.54) is 12.1 Å². The molecular formula is C9H9Cl2NO2. The van der Waals surface area contributed by atoms with E-state index < -0.39 is 6.10 Å². The monoisotopic (exact) mass is 233 g/mol. The Morgan fingerprint density at radius 3 is 2.36 bits per heavy atom. The van der Waals surface area contributed by atoms with Gasteiger partial charge in [-0.3, -0.25) is 0 Å². The van der Waals surface area contributed by atoms with Gasteiger partial charge in [-0.1, -0.05) is 23.2 Å². The van der Waals surface area contributed by atoms with E-state index in [-0.39, 0.29) is 22.2 Å². The first-order valence-corrected chi connectivity index (χ1v) is 4.68. The summed E-state index contributed by atoms with van der Waals surface area (Å²) in [7, 11) is 0. The third-order valence-corrected chi connectivity index (χ3v) is 2.43. The largest absolute Gasteiger partial charge is 0.396 e. The standard InChI is InChI=1S/C9H9Cl2NO2/c10-6-3-5(8(14)1-2-13)4-7(11)9(6)12/h2-4,8,14H,1,12H2. The van der Waals surface area contributed by atoms with Crippen LogP contribution in [-0.4, -0.2) is 11.4 Å². The Morgan fingerprint density at radius 1 is 1.43 bits per heavy atom. The van der Waals surface area contributed by atoms with Crippen LogP contribution in [0.3, 0.4) is 0 Å². The van der Waals surface area contributed by atoms with Crippen LogP contribution in [0, 0.1) is 0 Å². The van der Waals surface area contributed by atoms with Crippen molar-refractivity contribution in [3.05, 3.63) is 27.7 Å². The van der Waals surface area contributed by atoms with E-state index in [2.05, 4.69) is 0 Å². The molecule has 0 amide bonds. The first-order valence-electron chi connectivity index (χ1n) is 3.92. The molecule has 0 aliphatic carbocycles. The lowest BCUT2D eigenvalue weighted by molar-refractivity contribution is -0.109. The Morgan fingerprint density at radius 2 is 1.93 bits per heavy atom. The van der Waals surface area contributed by atoms with Gasteiger partial charge in [0.1, 0.15) is 6.29 Å². The van der Waals surface area contributed by atoms with Crippen molar-refractivity contribution in [3.63, 3.8) is 0 Å². The molecule has 0 heterocycles. The summed E-state index contributed by atoms with van der Waals surface area (Å²) in [6, 6.07) is 2.99. The molecule has 1 unspecified atom stereocenters. The maximum atomic E-state index is 10.2. The van der Waals surface area contributed by atoms with Gasteiger partial charge in [0.25, 0.3) is 0 Å². The van der Waals surface area contributed by atoms with Crippen LogP contribution in [0.1, 0.15) is 18.1 Å². The predicted octanol–water partition coefficient (Wildman–Crippen LogP) is 2.20. The first kappa shape index (κ1) is 11.3. The molecule has 0 bridgehead atoms. The summed E-state index contributed by atoms with van der Waals surface area (Å²) < 4.78 is 0. The molecule has 76 valence electrons. The lowest BCUT2D eigenvalue weighted by Gasteiger charge is -2.10. The summed E-state index contributed by atoms with van der Waals surface area (Å²) in [6.07, 6.45) is -0.248. The summed E-state index contributed by atoms with van der Waals surface area (Å²) in [6.45, 7) is 0. The van der Waals surface area contributed by atoms with Crippen LogP contribution in [0.4, 0.5) is 5.69 Å². The zero-order valence-electron chi connectivity index (χ0n) is 7.21. The number of carbonyl (C=O) groups excluding carboxylic acids is 1. The van der Waals surface area contributed by atoms with Gasteiger partial charge in [-0.25, -0.2) is 0 Å². The molecule has 0 spiro atoms. The average molecular weight is 234 g/mol. The predicted molar refractivity (Wildman–Crippen MR) is 56.5 cm³/mol. The van der Waals surface area contributed by atoms with Crippen molar-refractivity contribution >= 4 is 35.2 Å². The lowest BCUT2D eigenvalue weighted by atomic mass is 10.1. The van der Waals surface area contributed by atoms with Gasteiger partial charge in [-0.15, -0.1) is 0 Å². The smallest absolute Gasteiger partial charge is 0.122 e. The minimum Gasteiger partial charge on any atom is -0.396 e. The number of hydrogen-bond donors (Lipinski definition) is 2. The molecule has 1 aromatic carbocycles. The van der Waals surface area contributed by atoms with Gasteiger partial charge in [0.05, 0.1) is 21.8 Å². The fourth-order valence-corrected chi connectivity index (χ4v) is 1.53. The Balaban J connectivity index is 3.05. The summed E-state index contributed by atoms with van der Waals surface area (Å²) in [4.78, 5) is 10.2. The Bertz CT molecular complexity index is 332. The van der Waals surface area contributed by atoms with Gasteiger partial charge in [0.15, 0.2) is 0 Å². The second-order valence-corrected chi connectivity index (χ2v) is 3.63. The number of carbonyl (C=O) groups is 1. The first-order chi connectivity index (χ1) is 6.56. The fourth-order valence-electron chi connectivity index (χ4n) is 1.02. The third kappa shape index (κ3) is 2.38. The number of aliphatic hydroxyl groups is 1. The van der Waals surface area contributed by atoms with Gasteiger partial charge >= 0.3 is 0 Å². The van der Waals surface area contributed by atoms with E-state index >= 15 is 0 Å². The van der Waals surface area contributed by atoms with Gasteiger partial charge in [0, 0.05) is 6.42 Å². The van der Waals surface area contributed by atoms with Crippen molar-refractivity contribution in [2.75, 3.05) is 5.73 Å². The molecule has 0 saturated heterocycles. The summed E-state index contributed by atoms with van der Waals surface area (Å²) in [5, 5.41) is 10.0. The molecule has 0 saturated carbocycles. The number of aliphatic hydroxyl groups excluding tert-OH is 1. The third-order valence-electron chi connectivity index (χ3n) is 1.81. The fraction of sp³-hybridized carbons (Fsp3) is 0.222. The van der Waals surface area contributed by atoms with E-state index in [9.17, 15) is 9.90 Å². The van der Waals surface area contributed by atoms with Crippen molar-refractivity contribution in [1.29, 1.82) is 0 Å². The minimum atomic E-state index is -0.886. The molecular weight excluding hydrogens is 225 g/mol. The van der Waals surface area contributed by atoms with Crippen LogP contribution in [0.25, 0.3) is 0 Å². The number of rotatable bonds is 3. The van der Waals surface area contributed by atoms with Crippen molar-refractivity contribution < 1.29 is 9.90 Å². The highest BCUT2D eigenvalue weighted by molar-refractivity contribution is 6.38. The van der Waals surface area contributed by atoms with Crippen LogP contribution < -0.4 is 5.73 Å². The summed E-state index contributed by atoms with van der Waals surface area (Å²) >= 11 is 11.5. The van der Waals surface area contributed by atoms with Crippen LogP contribution >= 0.6 is 23.2 Å². The number of hydrogen-bond acceptors (Lipinski definition) is 3. The molecule has 1 atom stereocenters. The van der Waals surface area contributed by atoms with Crippen molar-refractivity contribution in [2.24, 2.45) is 0 Å². The van der Waals surface area contributed by atoms with E-state index in [1.807, 2.05) is 0 Å². The second-order valence-electron chi connectivity index (χ2n) is 2.82. The molecule has 0 radical (unpaired) electrons. The SMILES string of the molecule is Nc1c(Cl)cc(C(O)CC=O)cc1Cl. The Kier molecular flexibility index (Phi) is 3.75. The van der Waals surface area contributed by atoms with Gasteiger partial charge in [0.2, 0.25) is 0 Å². The van der Waals surface area contributed by atoms with Crippen LogP contribution in [0.5, 0.6) is 0 Å². The van der Waals surface area contributed by atoms with E-state index in [1.54, 1.807) is 0 Å². The van der Waals surface area contributed by atoms with Gasteiger partial charge < -0.3 is 15.6 Å². The van der Waals surface area contributed by atoms with Gasteiger partial charge in [-0.2, -0.15) is 0 Å². The Hall–Kier alpha value is -0.770. The maximum absolute atomic E-state index is 10.2. The zero-order chi connectivity index (χ0) is 10.7. The van der Waals surface area contributed by atoms with Crippen LogP contribution in [0.15, 0.2) is 12.1 Å². The maximum Gasteiger partial charge on any atom is 0.122 e. The van der Waals surface area contributed by atoms with Crippen molar-refractivity contribution in [2.45, 2.75) is 12.5 Å².